The first-order chi connectivity index (χ1) is 12.3. The highest BCUT2D eigenvalue weighted by Crippen LogP contribution is 2.28. The molecule has 0 radical (unpaired) electrons. The van der Waals surface area contributed by atoms with Gasteiger partial charge < -0.3 is 0 Å². The molecule has 2 aromatic carbocycles. The smallest absolute Gasteiger partial charge is 0.270 e. The number of benzene rings is 2. The van der Waals surface area contributed by atoms with Gasteiger partial charge in [0.25, 0.3) is 11.6 Å². The molecule has 0 spiro atoms. The number of carbonyl (C=O) groups is 1. The Kier molecular flexibility index (Phi) is 4.92. The van der Waals surface area contributed by atoms with Crippen molar-refractivity contribution in [1.82, 2.24) is 4.98 Å². The Bertz CT molecular complexity index is 1030. The highest BCUT2D eigenvalue weighted by Gasteiger charge is 2.17. The van der Waals surface area contributed by atoms with Crippen molar-refractivity contribution in [3.05, 3.63) is 74.1 Å². The minimum atomic E-state index is -0.772. The van der Waals surface area contributed by atoms with E-state index >= 15 is 0 Å². The van der Waals surface area contributed by atoms with Crippen LogP contribution >= 0.6 is 22.9 Å². The zero-order valence-electron chi connectivity index (χ0n) is 12.7. The van der Waals surface area contributed by atoms with E-state index in [1.54, 1.807) is 0 Å². The number of nitrogens with one attached hydrogen (secondary N) is 1. The number of amides is 1. The Balaban J connectivity index is 1.81. The normalized spacial score (nSPS) is 10.6. The van der Waals surface area contributed by atoms with Gasteiger partial charge in [0.15, 0.2) is 5.13 Å². The molecule has 0 aliphatic carbocycles. The number of hydrogen-bond donors (Lipinski definition) is 1. The fourth-order valence-electron chi connectivity index (χ4n) is 2.12. The summed E-state index contributed by atoms with van der Waals surface area (Å²) in [5, 5.41) is 14.8. The van der Waals surface area contributed by atoms with Gasteiger partial charge in [-0.25, -0.2) is 13.8 Å². The number of anilines is 1. The molecule has 26 heavy (non-hydrogen) atoms. The van der Waals surface area contributed by atoms with Crippen LogP contribution in [0.1, 0.15) is 10.4 Å². The van der Waals surface area contributed by atoms with Gasteiger partial charge in [0.1, 0.15) is 11.6 Å². The average molecular weight is 396 g/mol. The summed E-state index contributed by atoms with van der Waals surface area (Å²) in [4.78, 5) is 26.4. The van der Waals surface area contributed by atoms with Crippen LogP contribution in [0.2, 0.25) is 5.02 Å². The van der Waals surface area contributed by atoms with Gasteiger partial charge in [0.2, 0.25) is 0 Å². The summed E-state index contributed by atoms with van der Waals surface area (Å²) in [5.41, 5.74) is 0.117. The monoisotopic (exact) mass is 395 g/mol. The summed E-state index contributed by atoms with van der Waals surface area (Å²) in [7, 11) is 0. The summed E-state index contributed by atoms with van der Waals surface area (Å²) in [6, 6.07) is 6.54. The van der Waals surface area contributed by atoms with Crippen LogP contribution in [0.4, 0.5) is 19.6 Å². The second-order valence-corrected chi connectivity index (χ2v) is 6.30. The van der Waals surface area contributed by atoms with E-state index in [9.17, 15) is 23.7 Å². The Labute approximate surface area is 154 Å². The lowest BCUT2D eigenvalue weighted by Gasteiger charge is -2.04. The number of nitrogens with zero attached hydrogens (tertiary/aromatic N) is 2. The van der Waals surface area contributed by atoms with Crippen molar-refractivity contribution in [2.24, 2.45) is 0 Å². The van der Waals surface area contributed by atoms with Crippen LogP contribution in [0.5, 0.6) is 0 Å². The molecule has 132 valence electrons. The number of nitro benzene ring substituents is 1. The van der Waals surface area contributed by atoms with Crippen LogP contribution in [0.15, 0.2) is 41.8 Å². The van der Waals surface area contributed by atoms with Crippen molar-refractivity contribution >= 4 is 39.7 Å². The van der Waals surface area contributed by atoms with E-state index in [0.29, 0.717) is 0 Å². The third-order valence-electron chi connectivity index (χ3n) is 3.34. The Morgan fingerprint density at radius 1 is 1.23 bits per heavy atom. The topological polar surface area (TPSA) is 85.1 Å². The van der Waals surface area contributed by atoms with Crippen molar-refractivity contribution in [3.63, 3.8) is 0 Å². The third kappa shape index (κ3) is 3.68. The van der Waals surface area contributed by atoms with E-state index in [1.165, 1.54) is 17.5 Å². The van der Waals surface area contributed by atoms with Crippen molar-refractivity contribution in [2.75, 3.05) is 5.32 Å². The van der Waals surface area contributed by atoms with E-state index in [-0.39, 0.29) is 32.7 Å². The molecule has 0 bridgehead atoms. The van der Waals surface area contributed by atoms with Crippen LogP contribution in [0.3, 0.4) is 0 Å². The summed E-state index contributed by atoms with van der Waals surface area (Å²) in [6.45, 7) is 0. The maximum absolute atomic E-state index is 13.8. The van der Waals surface area contributed by atoms with Gasteiger partial charge in [-0.3, -0.25) is 20.2 Å². The number of nitro groups is 1. The maximum atomic E-state index is 13.8. The van der Waals surface area contributed by atoms with Crippen molar-refractivity contribution in [2.45, 2.75) is 0 Å². The molecule has 0 aliphatic rings. The van der Waals surface area contributed by atoms with Gasteiger partial charge >= 0.3 is 0 Å². The lowest BCUT2D eigenvalue weighted by molar-refractivity contribution is -0.384. The zero-order valence-corrected chi connectivity index (χ0v) is 14.3. The standard InChI is InChI=1S/C16H8ClF2N3O3S/c17-12-6-9(22(24)25)2-4-10(12)15(23)21-16-20-14(7-26-16)11-3-1-8(18)5-13(11)19/h1-7H,(H,20,21,23). The first-order valence-corrected chi connectivity index (χ1v) is 8.27. The van der Waals surface area contributed by atoms with E-state index in [4.69, 9.17) is 11.6 Å². The van der Waals surface area contributed by atoms with E-state index < -0.39 is 22.5 Å². The number of aromatic nitrogens is 1. The summed E-state index contributed by atoms with van der Waals surface area (Å²) in [5.74, 6) is -2.10. The lowest BCUT2D eigenvalue weighted by atomic mass is 10.1. The molecular weight excluding hydrogens is 388 g/mol. The molecule has 1 heterocycles. The average Bonchev–Trinajstić information content (AvgIpc) is 3.02. The van der Waals surface area contributed by atoms with Gasteiger partial charge in [-0.05, 0) is 18.2 Å². The number of non-ortho nitro benzene ring substituents is 1. The Morgan fingerprint density at radius 3 is 2.65 bits per heavy atom. The maximum Gasteiger partial charge on any atom is 0.270 e. The predicted molar refractivity (Wildman–Crippen MR) is 93.5 cm³/mol. The largest absolute Gasteiger partial charge is 0.298 e. The molecule has 0 fully saturated rings. The zero-order chi connectivity index (χ0) is 18.8. The number of hydrogen-bond acceptors (Lipinski definition) is 5. The second kappa shape index (κ2) is 7.14. The van der Waals surface area contributed by atoms with Crippen LogP contribution in [-0.2, 0) is 0 Å². The number of rotatable bonds is 4. The fraction of sp³-hybridized carbons (Fsp3) is 0. The van der Waals surface area contributed by atoms with Crippen LogP contribution in [-0.4, -0.2) is 15.8 Å². The number of thiazole rings is 1. The fourth-order valence-corrected chi connectivity index (χ4v) is 3.08. The Morgan fingerprint density at radius 2 is 2.00 bits per heavy atom. The van der Waals surface area contributed by atoms with E-state index in [2.05, 4.69) is 10.3 Å². The summed E-state index contributed by atoms with van der Waals surface area (Å²) >= 11 is 6.94. The van der Waals surface area contributed by atoms with Crippen LogP contribution in [0.25, 0.3) is 11.3 Å². The van der Waals surface area contributed by atoms with Gasteiger partial charge in [-0.1, -0.05) is 11.6 Å². The minimum Gasteiger partial charge on any atom is -0.298 e. The first kappa shape index (κ1) is 17.9. The van der Waals surface area contributed by atoms with Crippen molar-refractivity contribution in [3.8, 4) is 11.3 Å². The number of carbonyl (C=O) groups excluding carboxylic acids is 1. The van der Waals surface area contributed by atoms with Crippen molar-refractivity contribution < 1.29 is 18.5 Å². The molecule has 1 amide bonds. The highest BCUT2D eigenvalue weighted by atomic mass is 35.5. The van der Waals surface area contributed by atoms with E-state index in [1.807, 2.05) is 0 Å². The molecule has 0 atom stereocenters. The molecule has 0 saturated heterocycles. The van der Waals surface area contributed by atoms with Crippen LogP contribution < -0.4 is 5.32 Å². The first-order valence-electron chi connectivity index (χ1n) is 7.01. The summed E-state index contributed by atoms with van der Waals surface area (Å²) < 4.78 is 26.8. The summed E-state index contributed by atoms with van der Waals surface area (Å²) in [6.07, 6.45) is 0. The SMILES string of the molecule is O=C(Nc1nc(-c2ccc(F)cc2F)cs1)c1ccc([N+](=O)[O-])cc1Cl. The molecule has 1 aromatic heterocycles. The van der Waals surface area contributed by atoms with Gasteiger partial charge in [-0.15, -0.1) is 11.3 Å². The highest BCUT2D eigenvalue weighted by molar-refractivity contribution is 7.14. The van der Waals surface area contributed by atoms with Crippen molar-refractivity contribution in [1.29, 1.82) is 0 Å². The lowest BCUT2D eigenvalue weighted by Crippen LogP contribution is -2.12. The molecule has 3 rings (SSSR count). The minimum absolute atomic E-state index is 0.0296. The molecule has 3 aromatic rings. The molecule has 1 N–H and O–H groups in total. The molecule has 0 aliphatic heterocycles. The molecule has 0 unspecified atom stereocenters. The quantitative estimate of drug-likeness (QED) is 0.502. The molecular formula is C16H8ClF2N3O3S. The van der Waals surface area contributed by atoms with Crippen LogP contribution in [0, 0.1) is 21.7 Å². The predicted octanol–water partition coefficient (Wildman–Crippen LogP) is 4.90. The molecule has 10 heteroatoms. The van der Waals surface area contributed by atoms with Gasteiger partial charge in [-0.2, -0.15) is 0 Å². The van der Waals surface area contributed by atoms with Gasteiger partial charge in [0.05, 0.1) is 21.2 Å². The van der Waals surface area contributed by atoms with Gasteiger partial charge in [0, 0.05) is 29.1 Å². The third-order valence-corrected chi connectivity index (χ3v) is 4.41. The number of halogens is 3. The van der Waals surface area contributed by atoms with E-state index in [0.717, 1.165) is 35.6 Å². The molecule has 6 nitrogen and oxygen atoms in total. The molecule has 0 saturated carbocycles. The Hall–Kier alpha value is -2.91. The second-order valence-electron chi connectivity index (χ2n) is 5.04.